The highest BCUT2D eigenvalue weighted by Crippen LogP contribution is 2.27. The van der Waals surface area contributed by atoms with Gasteiger partial charge in [0.25, 0.3) is 10.0 Å². The lowest BCUT2D eigenvalue weighted by atomic mass is 10.0. The lowest BCUT2D eigenvalue weighted by Crippen LogP contribution is -2.52. The molecule has 0 aliphatic heterocycles. The molecule has 1 N–H and O–H groups in total. The molecule has 1 saturated carbocycles. The molecule has 41 heavy (non-hydrogen) atoms. The van der Waals surface area contributed by atoms with Crippen LogP contribution >= 0.6 is 0 Å². The van der Waals surface area contributed by atoms with Crippen molar-refractivity contribution in [2.45, 2.75) is 75.9 Å². The van der Waals surface area contributed by atoms with Crippen LogP contribution in [0.15, 0.2) is 83.8 Å². The van der Waals surface area contributed by atoms with Crippen molar-refractivity contribution in [2.75, 3.05) is 10.8 Å². The van der Waals surface area contributed by atoms with E-state index in [0.29, 0.717) is 5.69 Å². The number of hydrogen-bond donors (Lipinski definition) is 1. The first-order valence-corrected chi connectivity index (χ1v) is 15.5. The molecule has 1 aliphatic carbocycles. The van der Waals surface area contributed by atoms with Crippen LogP contribution in [0.2, 0.25) is 0 Å². The maximum Gasteiger partial charge on any atom is 0.264 e. The Hall–Kier alpha value is -3.72. The Balaban J connectivity index is 1.69. The van der Waals surface area contributed by atoms with E-state index >= 15 is 0 Å². The minimum atomic E-state index is -4.15. The Morgan fingerprint density at radius 3 is 2.12 bits per heavy atom. The third-order valence-corrected chi connectivity index (χ3v) is 9.41. The van der Waals surface area contributed by atoms with Gasteiger partial charge in [0.15, 0.2) is 0 Å². The van der Waals surface area contributed by atoms with Crippen LogP contribution in [0.3, 0.4) is 0 Å². The van der Waals surface area contributed by atoms with Crippen molar-refractivity contribution in [3.63, 3.8) is 0 Å². The molecule has 7 nitrogen and oxygen atoms in total. The predicted molar refractivity (Wildman–Crippen MR) is 158 cm³/mol. The van der Waals surface area contributed by atoms with Crippen LogP contribution in [-0.2, 0) is 26.2 Å². The van der Waals surface area contributed by atoms with Gasteiger partial charge < -0.3 is 10.2 Å². The Bertz CT molecular complexity index is 1440. The SMILES string of the molecule is CC(C)c1ccc(N(CC(=O)N(Cc2ccccc2F)[C@@H](C)C(=O)NC2CCCC2)S(=O)(=O)c2ccccc2)cc1. The lowest BCUT2D eigenvalue weighted by molar-refractivity contribution is -0.139. The third-order valence-electron chi connectivity index (χ3n) is 7.63. The van der Waals surface area contributed by atoms with Gasteiger partial charge in [0, 0.05) is 18.2 Å². The molecule has 0 radical (unpaired) electrons. The lowest BCUT2D eigenvalue weighted by Gasteiger charge is -2.32. The van der Waals surface area contributed by atoms with Gasteiger partial charge in [0.1, 0.15) is 18.4 Å². The first kappa shape index (κ1) is 30.2. The van der Waals surface area contributed by atoms with Gasteiger partial charge in [-0.3, -0.25) is 13.9 Å². The van der Waals surface area contributed by atoms with E-state index in [1.165, 1.54) is 23.1 Å². The van der Waals surface area contributed by atoms with E-state index < -0.39 is 34.3 Å². The van der Waals surface area contributed by atoms with Crippen molar-refractivity contribution >= 4 is 27.5 Å². The van der Waals surface area contributed by atoms with E-state index in [-0.39, 0.29) is 34.9 Å². The van der Waals surface area contributed by atoms with Crippen molar-refractivity contribution < 1.29 is 22.4 Å². The van der Waals surface area contributed by atoms with Crippen LogP contribution in [0.4, 0.5) is 10.1 Å². The molecule has 0 unspecified atom stereocenters. The molecule has 0 spiro atoms. The third kappa shape index (κ3) is 7.33. The van der Waals surface area contributed by atoms with E-state index in [2.05, 4.69) is 5.32 Å². The number of anilines is 1. The highest BCUT2D eigenvalue weighted by atomic mass is 32.2. The molecule has 3 aromatic carbocycles. The summed E-state index contributed by atoms with van der Waals surface area (Å²) in [5, 5.41) is 3.01. The normalized spacial score (nSPS) is 14.6. The topological polar surface area (TPSA) is 86.8 Å². The average molecular weight is 580 g/mol. The van der Waals surface area contributed by atoms with E-state index in [1.807, 2.05) is 26.0 Å². The highest BCUT2D eigenvalue weighted by Gasteiger charge is 2.33. The van der Waals surface area contributed by atoms with E-state index in [1.54, 1.807) is 55.5 Å². The molecule has 9 heteroatoms. The quantitative estimate of drug-likeness (QED) is 0.320. The largest absolute Gasteiger partial charge is 0.352 e. The summed E-state index contributed by atoms with van der Waals surface area (Å²) >= 11 is 0. The number of nitrogens with zero attached hydrogens (tertiary/aromatic N) is 2. The van der Waals surface area contributed by atoms with Gasteiger partial charge in [0.05, 0.1) is 10.6 Å². The van der Waals surface area contributed by atoms with Crippen LogP contribution in [0.5, 0.6) is 0 Å². The molecule has 218 valence electrons. The molecule has 0 heterocycles. The predicted octanol–water partition coefficient (Wildman–Crippen LogP) is 5.62. The fourth-order valence-corrected chi connectivity index (χ4v) is 6.49. The number of benzene rings is 3. The number of hydrogen-bond acceptors (Lipinski definition) is 4. The Kier molecular flexibility index (Phi) is 9.81. The van der Waals surface area contributed by atoms with Crippen molar-refractivity contribution in [3.8, 4) is 0 Å². The number of nitrogens with one attached hydrogen (secondary N) is 1. The zero-order valence-corrected chi connectivity index (χ0v) is 24.6. The second kappa shape index (κ2) is 13.3. The minimum Gasteiger partial charge on any atom is -0.352 e. The van der Waals surface area contributed by atoms with E-state index in [9.17, 15) is 22.4 Å². The fraction of sp³-hybridized carbons (Fsp3) is 0.375. The summed E-state index contributed by atoms with van der Waals surface area (Å²) in [5.74, 6) is -1.23. The van der Waals surface area contributed by atoms with Crippen molar-refractivity contribution in [2.24, 2.45) is 0 Å². The zero-order chi connectivity index (χ0) is 29.6. The van der Waals surface area contributed by atoms with Gasteiger partial charge in [-0.15, -0.1) is 0 Å². The van der Waals surface area contributed by atoms with Gasteiger partial charge in [-0.2, -0.15) is 0 Å². The van der Waals surface area contributed by atoms with Gasteiger partial charge in [-0.1, -0.05) is 75.2 Å². The maximum absolute atomic E-state index is 14.7. The second-order valence-electron chi connectivity index (χ2n) is 10.8. The van der Waals surface area contributed by atoms with Gasteiger partial charge in [-0.05, 0) is 61.6 Å². The molecule has 1 atom stereocenters. The molecular weight excluding hydrogens is 541 g/mol. The van der Waals surface area contributed by atoms with Crippen LogP contribution in [0, 0.1) is 5.82 Å². The first-order valence-electron chi connectivity index (χ1n) is 14.1. The number of carbonyl (C=O) groups is 2. The van der Waals surface area contributed by atoms with Crippen LogP contribution < -0.4 is 9.62 Å². The van der Waals surface area contributed by atoms with Gasteiger partial charge >= 0.3 is 0 Å². The molecule has 1 aliphatic rings. The number of halogens is 1. The molecular formula is C32H38FN3O4S. The number of carbonyl (C=O) groups excluding carboxylic acids is 2. The van der Waals surface area contributed by atoms with Crippen molar-refractivity contribution in [1.29, 1.82) is 0 Å². The molecule has 2 amide bonds. The number of sulfonamides is 1. The molecule has 0 bridgehead atoms. The Morgan fingerprint density at radius 2 is 1.51 bits per heavy atom. The van der Waals surface area contributed by atoms with Crippen LogP contribution in [0.1, 0.15) is 63.5 Å². The summed E-state index contributed by atoms with van der Waals surface area (Å²) in [6.45, 7) is 4.92. The van der Waals surface area contributed by atoms with Gasteiger partial charge in [0.2, 0.25) is 11.8 Å². The van der Waals surface area contributed by atoms with Crippen molar-refractivity contribution in [3.05, 3.63) is 95.8 Å². The Morgan fingerprint density at radius 1 is 0.902 bits per heavy atom. The smallest absolute Gasteiger partial charge is 0.264 e. The minimum absolute atomic E-state index is 0.0322. The zero-order valence-electron chi connectivity index (χ0n) is 23.8. The summed E-state index contributed by atoms with van der Waals surface area (Å²) in [6, 6.07) is 20.1. The number of amides is 2. The van der Waals surface area contributed by atoms with Crippen LogP contribution in [-0.4, -0.2) is 43.8 Å². The van der Waals surface area contributed by atoms with Gasteiger partial charge in [-0.25, -0.2) is 12.8 Å². The monoisotopic (exact) mass is 579 g/mol. The summed E-state index contributed by atoms with van der Waals surface area (Å²) in [7, 11) is -4.15. The standard InChI is InChI=1S/C32H38FN3O4S/c1-23(2)25-17-19-28(20-18-25)36(41(39,40)29-14-5-4-6-15-29)22-31(37)35(21-26-11-7-10-16-30(26)33)24(3)32(38)34-27-12-8-9-13-27/h4-7,10-11,14-20,23-24,27H,8-9,12-13,21-22H2,1-3H3,(H,34,38)/t24-/m0/s1. The summed E-state index contributed by atoms with van der Waals surface area (Å²) in [6.07, 6.45) is 3.79. The molecule has 4 rings (SSSR count). The van der Waals surface area contributed by atoms with Crippen molar-refractivity contribution in [1.82, 2.24) is 10.2 Å². The summed E-state index contributed by atoms with van der Waals surface area (Å²) < 4.78 is 43.5. The molecule has 0 aromatic heterocycles. The molecule has 0 saturated heterocycles. The molecule has 3 aromatic rings. The maximum atomic E-state index is 14.7. The van der Waals surface area contributed by atoms with E-state index in [4.69, 9.17) is 0 Å². The first-order chi connectivity index (χ1) is 19.6. The summed E-state index contributed by atoms with van der Waals surface area (Å²) in [4.78, 5) is 28.6. The fourth-order valence-electron chi connectivity index (χ4n) is 5.06. The Labute approximate surface area is 242 Å². The average Bonchev–Trinajstić information content (AvgIpc) is 3.48. The van der Waals surface area contributed by atoms with Crippen LogP contribution in [0.25, 0.3) is 0 Å². The molecule has 1 fully saturated rings. The van der Waals surface area contributed by atoms with E-state index in [0.717, 1.165) is 35.6 Å². The summed E-state index contributed by atoms with van der Waals surface area (Å²) in [5.41, 5.74) is 1.58. The number of rotatable bonds is 11. The highest BCUT2D eigenvalue weighted by molar-refractivity contribution is 7.92. The second-order valence-corrected chi connectivity index (χ2v) is 12.7.